The highest BCUT2D eigenvalue weighted by Gasteiger charge is 2.30. The summed E-state index contributed by atoms with van der Waals surface area (Å²) in [5.74, 6) is -0.610. The number of rotatable bonds is 7. The molecule has 3 N–H and O–H groups in total. The van der Waals surface area contributed by atoms with Crippen molar-refractivity contribution in [2.24, 2.45) is 0 Å². The normalized spacial score (nSPS) is 11.8. The van der Waals surface area contributed by atoms with E-state index in [2.05, 4.69) is 15.6 Å². The number of halogens is 3. The van der Waals surface area contributed by atoms with Gasteiger partial charge in [0.1, 0.15) is 0 Å². The smallest absolute Gasteiger partial charge is 0.298 e. The average Bonchev–Trinajstić information content (AvgIpc) is 2.77. The molecular formula is C22H18F3N3O3S. The number of sulfonamides is 1. The summed E-state index contributed by atoms with van der Waals surface area (Å²) in [6.45, 7) is 0. The Kier molecular flexibility index (Phi) is 6.84. The third-order valence-corrected chi connectivity index (χ3v) is 5.17. The Labute approximate surface area is 182 Å². The van der Waals surface area contributed by atoms with Gasteiger partial charge in [-0.2, -0.15) is 13.2 Å². The van der Waals surface area contributed by atoms with Gasteiger partial charge in [-0.25, -0.2) is 8.42 Å². The fourth-order valence-corrected chi connectivity index (χ4v) is 3.46. The largest absolute Gasteiger partial charge is 0.416 e. The summed E-state index contributed by atoms with van der Waals surface area (Å²) in [7, 11) is -3.76. The molecule has 0 aliphatic rings. The van der Waals surface area contributed by atoms with Crippen LogP contribution in [0.1, 0.15) is 21.5 Å². The zero-order valence-electron chi connectivity index (χ0n) is 16.4. The molecule has 0 radical (unpaired) electrons. The van der Waals surface area contributed by atoms with Gasteiger partial charge in [-0.1, -0.05) is 36.4 Å². The van der Waals surface area contributed by atoms with Crippen LogP contribution >= 0.6 is 0 Å². The van der Waals surface area contributed by atoms with Crippen LogP contribution in [0.3, 0.4) is 0 Å². The predicted octanol–water partition coefficient (Wildman–Crippen LogP) is 4.87. The van der Waals surface area contributed by atoms with Gasteiger partial charge in [0.15, 0.2) is 0 Å². The lowest BCUT2D eigenvalue weighted by Gasteiger charge is -2.12. The quantitative estimate of drug-likeness (QED) is 0.438. The van der Waals surface area contributed by atoms with Gasteiger partial charge in [-0.05, 0) is 54.1 Å². The maximum absolute atomic E-state index is 12.8. The third kappa shape index (κ3) is 6.61. The number of benzene rings is 3. The molecule has 0 fully saturated rings. The molecule has 0 bridgehead atoms. The second-order valence-electron chi connectivity index (χ2n) is 6.60. The highest BCUT2D eigenvalue weighted by Crippen LogP contribution is 2.30. The van der Waals surface area contributed by atoms with Crippen molar-refractivity contribution >= 4 is 33.4 Å². The lowest BCUT2D eigenvalue weighted by Crippen LogP contribution is -2.29. The first-order valence-corrected chi connectivity index (χ1v) is 10.8. The predicted molar refractivity (Wildman–Crippen MR) is 117 cm³/mol. The Hall–Kier alpha value is -3.79. The number of alkyl halides is 3. The zero-order chi connectivity index (χ0) is 23.2. The number of anilines is 2. The maximum Gasteiger partial charge on any atom is 0.416 e. The van der Waals surface area contributed by atoms with Crippen LogP contribution in [-0.2, 0) is 16.2 Å². The van der Waals surface area contributed by atoms with Gasteiger partial charge < -0.3 is 0 Å². The zero-order valence-corrected chi connectivity index (χ0v) is 17.2. The van der Waals surface area contributed by atoms with Crippen molar-refractivity contribution in [3.05, 3.63) is 101 Å². The monoisotopic (exact) mass is 461 g/mol. The minimum atomic E-state index is -4.50. The molecule has 0 saturated heterocycles. The fraction of sp³-hybridized carbons (Fsp3) is 0.0455. The van der Waals surface area contributed by atoms with Crippen molar-refractivity contribution in [1.29, 1.82) is 0 Å². The molecule has 0 aliphatic heterocycles. The summed E-state index contributed by atoms with van der Waals surface area (Å²) in [5.41, 5.74) is 5.06. The molecule has 3 aromatic rings. The molecule has 0 saturated carbocycles. The third-order valence-electron chi connectivity index (χ3n) is 4.16. The Morgan fingerprint density at radius 1 is 0.844 bits per heavy atom. The van der Waals surface area contributed by atoms with Crippen LogP contribution in [0.2, 0.25) is 0 Å². The SMILES string of the molecule is O=C(NNc1cccc(C(F)(F)F)c1)c1ccc(NS(=O)(=O)/C=C/c2ccccc2)cc1. The van der Waals surface area contributed by atoms with Gasteiger partial charge >= 0.3 is 6.18 Å². The van der Waals surface area contributed by atoms with Crippen molar-refractivity contribution in [3.63, 3.8) is 0 Å². The van der Waals surface area contributed by atoms with Crippen LogP contribution in [0.15, 0.2) is 84.3 Å². The molecule has 0 atom stereocenters. The first-order chi connectivity index (χ1) is 15.1. The van der Waals surface area contributed by atoms with Crippen molar-refractivity contribution in [2.45, 2.75) is 6.18 Å². The minimum absolute atomic E-state index is 0.0581. The van der Waals surface area contributed by atoms with Crippen LogP contribution < -0.4 is 15.6 Å². The summed E-state index contributed by atoms with van der Waals surface area (Å²) in [6, 6.07) is 18.8. The van der Waals surface area contributed by atoms with Crippen molar-refractivity contribution in [3.8, 4) is 0 Å². The highest BCUT2D eigenvalue weighted by molar-refractivity contribution is 7.95. The summed E-state index contributed by atoms with van der Waals surface area (Å²) < 4.78 is 65.0. The van der Waals surface area contributed by atoms with Gasteiger partial charge in [0.25, 0.3) is 15.9 Å². The van der Waals surface area contributed by atoms with E-state index in [0.717, 1.165) is 23.1 Å². The number of hydrogen-bond donors (Lipinski definition) is 3. The van der Waals surface area contributed by atoms with Crippen LogP contribution in [0.25, 0.3) is 6.08 Å². The molecule has 0 heterocycles. The molecule has 0 aliphatic carbocycles. The lowest BCUT2D eigenvalue weighted by atomic mass is 10.2. The molecule has 3 rings (SSSR count). The van der Waals surface area contributed by atoms with Gasteiger partial charge in [0.05, 0.1) is 16.7 Å². The lowest BCUT2D eigenvalue weighted by molar-refractivity contribution is -0.137. The van der Waals surface area contributed by atoms with E-state index >= 15 is 0 Å². The molecular weight excluding hydrogens is 443 g/mol. The Morgan fingerprint density at radius 2 is 1.53 bits per heavy atom. The number of hydrogen-bond acceptors (Lipinski definition) is 4. The molecule has 1 amide bonds. The summed E-state index contributed by atoms with van der Waals surface area (Å²) in [5, 5.41) is 1.03. The first-order valence-electron chi connectivity index (χ1n) is 9.22. The van der Waals surface area contributed by atoms with Gasteiger partial charge in [0, 0.05) is 11.3 Å². The number of hydrazine groups is 1. The molecule has 0 unspecified atom stereocenters. The molecule has 3 aromatic carbocycles. The van der Waals surface area contributed by atoms with E-state index in [-0.39, 0.29) is 16.9 Å². The Morgan fingerprint density at radius 3 is 2.19 bits per heavy atom. The second kappa shape index (κ2) is 9.56. The minimum Gasteiger partial charge on any atom is -0.298 e. The van der Waals surface area contributed by atoms with E-state index < -0.39 is 27.7 Å². The van der Waals surface area contributed by atoms with Crippen molar-refractivity contribution < 1.29 is 26.4 Å². The van der Waals surface area contributed by atoms with Crippen LogP contribution in [0.5, 0.6) is 0 Å². The van der Waals surface area contributed by atoms with E-state index in [1.165, 1.54) is 42.5 Å². The van der Waals surface area contributed by atoms with Gasteiger partial charge in [-0.15, -0.1) is 0 Å². The summed E-state index contributed by atoms with van der Waals surface area (Å²) in [4.78, 5) is 12.2. The van der Waals surface area contributed by atoms with E-state index in [9.17, 15) is 26.4 Å². The van der Waals surface area contributed by atoms with Crippen LogP contribution in [0.4, 0.5) is 24.5 Å². The van der Waals surface area contributed by atoms with E-state index in [1.807, 2.05) is 6.07 Å². The topological polar surface area (TPSA) is 87.3 Å². The number of carbonyl (C=O) groups is 1. The van der Waals surface area contributed by atoms with E-state index in [0.29, 0.717) is 0 Å². The van der Waals surface area contributed by atoms with Crippen LogP contribution in [-0.4, -0.2) is 14.3 Å². The molecule has 6 nitrogen and oxygen atoms in total. The molecule has 0 spiro atoms. The number of carbonyl (C=O) groups excluding carboxylic acids is 1. The maximum atomic E-state index is 12.8. The molecule has 10 heteroatoms. The van der Waals surface area contributed by atoms with Crippen molar-refractivity contribution in [2.75, 3.05) is 10.1 Å². The van der Waals surface area contributed by atoms with Crippen LogP contribution in [0, 0.1) is 0 Å². The second-order valence-corrected chi connectivity index (χ2v) is 8.16. The molecule has 32 heavy (non-hydrogen) atoms. The average molecular weight is 461 g/mol. The fourth-order valence-electron chi connectivity index (χ4n) is 2.59. The Bertz CT molecular complexity index is 1210. The first kappa shape index (κ1) is 22.9. The highest BCUT2D eigenvalue weighted by atomic mass is 32.2. The Balaban J connectivity index is 1.59. The van der Waals surface area contributed by atoms with Gasteiger partial charge in [0.2, 0.25) is 0 Å². The standard InChI is InChI=1S/C22H18F3N3O3S/c23-22(24,25)18-7-4-8-20(15-18)26-27-21(29)17-9-11-19(12-10-17)28-32(30,31)14-13-16-5-2-1-3-6-16/h1-15,26,28H,(H,27,29)/b14-13+. The summed E-state index contributed by atoms with van der Waals surface area (Å²) in [6.07, 6.45) is -3.05. The summed E-state index contributed by atoms with van der Waals surface area (Å²) >= 11 is 0. The van der Waals surface area contributed by atoms with Gasteiger partial charge in [-0.3, -0.25) is 20.4 Å². The number of nitrogens with one attached hydrogen (secondary N) is 3. The van der Waals surface area contributed by atoms with E-state index in [1.54, 1.807) is 24.3 Å². The van der Waals surface area contributed by atoms with E-state index in [4.69, 9.17) is 0 Å². The number of amides is 1. The molecule has 166 valence electrons. The molecule has 0 aromatic heterocycles. The van der Waals surface area contributed by atoms with Crippen molar-refractivity contribution in [1.82, 2.24) is 5.43 Å².